The van der Waals surface area contributed by atoms with E-state index in [2.05, 4.69) is 6.92 Å². The molecule has 0 aliphatic heterocycles. The Bertz CT molecular complexity index is 67.9. The Morgan fingerprint density at radius 3 is 2.00 bits per heavy atom. The lowest BCUT2D eigenvalue weighted by Gasteiger charge is -1.86. The normalized spacial score (nSPS) is 55.5. The smallest absolute Gasteiger partial charge is 0.0625 e. The zero-order chi connectivity index (χ0) is 4.78. The molecule has 2 unspecified atom stereocenters. The van der Waals surface area contributed by atoms with Gasteiger partial charge in [0, 0.05) is 0 Å². The minimum Gasteiger partial charge on any atom is -0.121 e. The number of alkyl halides is 2. The van der Waals surface area contributed by atoms with E-state index in [1.807, 2.05) is 0 Å². The van der Waals surface area contributed by atoms with E-state index < -0.39 is 0 Å². The van der Waals surface area contributed by atoms with Crippen molar-refractivity contribution in [3.05, 3.63) is 6.92 Å². The van der Waals surface area contributed by atoms with E-state index in [0.29, 0.717) is 0 Å². The first-order valence-electron chi connectivity index (χ1n) is 1.81. The number of hydrogen-bond acceptors (Lipinski definition) is 0. The van der Waals surface area contributed by atoms with Gasteiger partial charge < -0.3 is 0 Å². The number of halogens is 2. The van der Waals surface area contributed by atoms with Crippen molar-refractivity contribution in [3.63, 3.8) is 0 Å². The second-order valence-electron chi connectivity index (χ2n) is 1.71. The third-order valence-corrected chi connectivity index (χ3v) is 2.02. The third-order valence-electron chi connectivity index (χ3n) is 0.920. The molecule has 1 aliphatic rings. The molecule has 1 aliphatic carbocycles. The van der Waals surface area contributed by atoms with Gasteiger partial charge in [0.1, 0.15) is 0 Å². The van der Waals surface area contributed by atoms with E-state index in [1.54, 1.807) is 0 Å². The fourth-order valence-electron chi connectivity index (χ4n) is 0.239. The highest BCUT2D eigenvalue weighted by Crippen LogP contribution is 2.46. The van der Waals surface area contributed by atoms with Crippen LogP contribution in [0.5, 0.6) is 0 Å². The Morgan fingerprint density at radius 2 is 2.00 bits per heavy atom. The first-order valence-corrected chi connectivity index (χ1v) is 2.63. The summed E-state index contributed by atoms with van der Waals surface area (Å²) in [6.07, 6.45) is 0.857. The average Bonchev–Trinajstić information content (AvgIpc) is 1.73. The maximum Gasteiger partial charge on any atom is 0.0625 e. The fraction of sp³-hybridized carbons (Fsp3) is 0.750. The summed E-state index contributed by atoms with van der Waals surface area (Å²) in [5, 5.41) is 0.124. The highest BCUT2D eigenvalue weighted by Gasteiger charge is 2.47. The van der Waals surface area contributed by atoms with Crippen molar-refractivity contribution in [2.24, 2.45) is 0 Å². The summed E-state index contributed by atoms with van der Waals surface area (Å²) in [6.45, 7) is 3.60. The molecule has 0 spiro atoms. The van der Waals surface area contributed by atoms with Crippen molar-refractivity contribution in [2.45, 2.75) is 16.7 Å². The molecule has 35 valence electrons. The van der Waals surface area contributed by atoms with E-state index in [9.17, 15) is 0 Å². The largest absolute Gasteiger partial charge is 0.121 e. The first kappa shape index (κ1) is 4.73. The van der Waals surface area contributed by atoms with Crippen LogP contribution in [0.3, 0.4) is 0 Å². The quantitative estimate of drug-likeness (QED) is 0.432. The second kappa shape index (κ2) is 1.05. The van der Waals surface area contributed by atoms with Gasteiger partial charge in [-0.1, -0.05) is 0 Å². The molecule has 0 aromatic rings. The summed E-state index contributed by atoms with van der Waals surface area (Å²) < 4.78 is 0. The summed E-state index contributed by atoms with van der Waals surface area (Å²) >= 11 is 11.0. The molecule has 0 heterocycles. The number of hydrogen-bond donors (Lipinski definition) is 0. The minimum absolute atomic E-state index is 0.124. The van der Waals surface area contributed by atoms with Crippen molar-refractivity contribution in [1.82, 2.24) is 0 Å². The maximum absolute atomic E-state index is 5.55. The van der Waals surface area contributed by atoms with Gasteiger partial charge in [0.2, 0.25) is 0 Å². The Kier molecular flexibility index (Phi) is 0.825. The lowest BCUT2D eigenvalue weighted by Crippen LogP contribution is -1.90. The molecular weight excluding hydrogens is 119 g/mol. The monoisotopic (exact) mass is 123 g/mol. The molecule has 0 N–H and O–H groups in total. The molecule has 2 heteroatoms. The lowest BCUT2D eigenvalue weighted by atomic mass is 10.5. The van der Waals surface area contributed by atoms with Gasteiger partial charge in [-0.2, -0.15) is 0 Å². The zero-order valence-corrected chi connectivity index (χ0v) is 4.76. The van der Waals surface area contributed by atoms with Gasteiger partial charge >= 0.3 is 0 Å². The number of rotatable bonds is 0. The van der Waals surface area contributed by atoms with E-state index in [4.69, 9.17) is 23.2 Å². The van der Waals surface area contributed by atoms with Crippen LogP contribution in [-0.2, 0) is 0 Å². The van der Waals surface area contributed by atoms with E-state index in [-0.39, 0.29) is 10.3 Å². The summed E-state index contributed by atoms with van der Waals surface area (Å²) in [7, 11) is 0. The van der Waals surface area contributed by atoms with E-state index in [0.717, 1.165) is 6.42 Å². The van der Waals surface area contributed by atoms with Gasteiger partial charge in [-0.05, 0) is 13.3 Å². The SMILES string of the molecule is [CH2]C1(Cl)CC1Cl. The van der Waals surface area contributed by atoms with Crippen LogP contribution >= 0.6 is 23.2 Å². The molecule has 1 rings (SSSR count). The second-order valence-corrected chi connectivity index (χ2v) is 2.99. The Balaban J connectivity index is 2.41. The summed E-state index contributed by atoms with van der Waals surface area (Å²) in [5.74, 6) is 0. The molecule has 1 radical (unpaired) electrons. The zero-order valence-electron chi connectivity index (χ0n) is 3.25. The van der Waals surface area contributed by atoms with Crippen molar-refractivity contribution in [1.29, 1.82) is 0 Å². The van der Waals surface area contributed by atoms with Gasteiger partial charge in [0.05, 0.1) is 10.3 Å². The molecule has 0 amide bonds. The fourth-order valence-corrected chi connectivity index (χ4v) is 0.748. The molecule has 1 saturated carbocycles. The lowest BCUT2D eigenvalue weighted by molar-refractivity contribution is 1.18. The molecule has 0 aromatic heterocycles. The summed E-state index contributed by atoms with van der Waals surface area (Å²) in [6, 6.07) is 0. The Morgan fingerprint density at radius 1 is 1.83 bits per heavy atom. The van der Waals surface area contributed by atoms with Crippen LogP contribution in [0.4, 0.5) is 0 Å². The molecule has 6 heavy (non-hydrogen) atoms. The predicted octanol–water partition coefficient (Wildman–Crippen LogP) is 1.81. The van der Waals surface area contributed by atoms with Gasteiger partial charge in [0.25, 0.3) is 0 Å². The van der Waals surface area contributed by atoms with Crippen molar-refractivity contribution >= 4 is 23.2 Å². The van der Waals surface area contributed by atoms with Crippen molar-refractivity contribution in [3.8, 4) is 0 Å². The van der Waals surface area contributed by atoms with Crippen molar-refractivity contribution < 1.29 is 0 Å². The van der Waals surface area contributed by atoms with E-state index in [1.165, 1.54) is 0 Å². The summed E-state index contributed by atoms with van der Waals surface area (Å²) in [5.41, 5.74) is 0. The van der Waals surface area contributed by atoms with Gasteiger partial charge in [-0.3, -0.25) is 0 Å². The molecular formula is C4H5Cl2. The predicted molar refractivity (Wildman–Crippen MR) is 28.2 cm³/mol. The first-order chi connectivity index (χ1) is 2.63. The summed E-state index contributed by atoms with van der Waals surface area (Å²) in [4.78, 5) is -0.304. The minimum atomic E-state index is -0.304. The highest BCUT2D eigenvalue weighted by atomic mass is 35.5. The molecule has 0 bridgehead atoms. The van der Waals surface area contributed by atoms with Crippen LogP contribution in [-0.4, -0.2) is 10.3 Å². The van der Waals surface area contributed by atoms with Gasteiger partial charge in [-0.15, -0.1) is 23.2 Å². The van der Waals surface area contributed by atoms with Gasteiger partial charge in [0.15, 0.2) is 0 Å². The average molecular weight is 124 g/mol. The van der Waals surface area contributed by atoms with Crippen LogP contribution in [0.1, 0.15) is 6.42 Å². The Labute approximate surface area is 47.4 Å². The van der Waals surface area contributed by atoms with Crippen LogP contribution in [0.2, 0.25) is 0 Å². The molecule has 0 aromatic carbocycles. The molecule has 1 fully saturated rings. The van der Waals surface area contributed by atoms with Crippen LogP contribution < -0.4 is 0 Å². The molecule has 0 nitrogen and oxygen atoms in total. The maximum atomic E-state index is 5.55. The topological polar surface area (TPSA) is 0 Å². The third kappa shape index (κ3) is 0.640. The van der Waals surface area contributed by atoms with Crippen molar-refractivity contribution in [2.75, 3.05) is 0 Å². The molecule has 2 atom stereocenters. The van der Waals surface area contributed by atoms with Crippen LogP contribution in [0.15, 0.2) is 0 Å². The van der Waals surface area contributed by atoms with Gasteiger partial charge in [-0.25, -0.2) is 0 Å². The van der Waals surface area contributed by atoms with Crippen LogP contribution in [0.25, 0.3) is 0 Å². The van der Waals surface area contributed by atoms with Crippen LogP contribution in [0, 0.1) is 6.92 Å². The highest BCUT2D eigenvalue weighted by molar-refractivity contribution is 6.37. The standard InChI is InChI=1S/C4H5Cl2/c1-4(6)2-3(4)5/h3H,1-2H2. The Hall–Kier alpha value is 0.580. The molecule has 0 saturated heterocycles. The van der Waals surface area contributed by atoms with E-state index >= 15 is 0 Å².